The number of hydrogen-bond acceptors (Lipinski definition) is 3. The minimum atomic E-state index is -0.258. The number of ether oxygens (including phenoxy) is 1. The zero-order valence-electron chi connectivity index (χ0n) is 19.0. The zero-order chi connectivity index (χ0) is 23.8. The van der Waals surface area contributed by atoms with E-state index >= 15 is 0 Å². The van der Waals surface area contributed by atoms with Gasteiger partial charge in [-0.25, -0.2) is 9.36 Å². The van der Waals surface area contributed by atoms with Crippen LogP contribution in [0.5, 0.6) is 11.6 Å². The number of carbonyl (C=O) groups excluding carboxylic acids is 1. The van der Waals surface area contributed by atoms with Gasteiger partial charge in [-0.05, 0) is 61.4 Å². The fourth-order valence-corrected chi connectivity index (χ4v) is 4.36. The summed E-state index contributed by atoms with van der Waals surface area (Å²) < 4.78 is 9.29. The number of fused-ring (bicyclic) bond motifs is 2. The molecule has 0 saturated carbocycles. The fourth-order valence-electron chi connectivity index (χ4n) is 4.17. The SMILES string of the molecule is CCc1ccc(-n2c(=O)c3c(n2CC(=O)Nc2ccc(C)cc2)Oc2ccc(Cl)cc2C3)cc1. The topological polar surface area (TPSA) is 65.3 Å². The zero-order valence-corrected chi connectivity index (χ0v) is 19.7. The van der Waals surface area contributed by atoms with Crippen molar-refractivity contribution in [1.29, 1.82) is 0 Å². The maximum Gasteiger partial charge on any atom is 0.278 e. The summed E-state index contributed by atoms with van der Waals surface area (Å²) in [5.41, 5.74) is 4.76. The average molecular weight is 474 g/mol. The maximum atomic E-state index is 13.6. The molecule has 1 aromatic heterocycles. The first-order valence-corrected chi connectivity index (χ1v) is 11.6. The van der Waals surface area contributed by atoms with Crippen LogP contribution >= 0.6 is 11.6 Å². The Kier molecular flexibility index (Phi) is 5.75. The summed E-state index contributed by atoms with van der Waals surface area (Å²) in [6.45, 7) is 3.98. The van der Waals surface area contributed by atoms with E-state index in [9.17, 15) is 9.59 Å². The summed E-state index contributed by atoms with van der Waals surface area (Å²) in [5.74, 6) is 0.743. The molecule has 0 radical (unpaired) electrons. The molecule has 5 rings (SSSR count). The first-order chi connectivity index (χ1) is 16.4. The molecule has 0 bridgehead atoms. The van der Waals surface area contributed by atoms with Gasteiger partial charge in [0.15, 0.2) is 0 Å². The summed E-state index contributed by atoms with van der Waals surface area (Å²) >= 11 is 6.16. The smallest absolute Gasteiger partial charge is 0.278 e. The second-order valence-corrected chi connectivity index (χ2v) is 8.86. The van der Waals surface area contributed by atoms with Gasteiger partial charge in [-0.3, -0.25) is 9.59 Å². The standard InChI is InChI=1S/C27H24ClN3O3/c1-3-18-6-11-22(12-7-18)31-26(33)23-15-19-14-20(28)8-13-24(19)34-27(23)30(31)16-25(32)29-21-9-4-17(2)5-10-21/h4-14H,3,15-16H2,1-2H3,(H,29,32). The predicted molar refractivity (Wildman–Crippen MR) is 134 cm³/mol. The first kappa shape index (κ1) is 22.0. The second kappa shape index (κ2) is 8.88. The Morgan fingerprint density at radius 1 is 1.06 bits per heavy atom. The summed E-state index contributed by atoms with van der Waals surface area (Å²) in [6, 6.07) is 20.7. The van der Waals surface area contributed by atoms with Crippen LogP contribution in [0.2, 0.25) is 5.02 Å². The lowest BCUT2D eigenvalue weighted by Crippen LogP contribution is -2.27. The molecular formula is C27H24ClN3O3. The number of amides is 1. The molecule has 7 heteroatoms. The van der Waals surface area contributed by atoms with Gasteiger partial charge in [0.1, 0.15) is 12.3 Å². The Morgan fingerprint density at radius 3 is 2.50 bits per heavy atom. The van der Waals surface area contributed by atoms with E-state index in [0.29, 0.717) is 40.0 Å². The van der Waals surface area contributed by atoms with Crippen molar-refractivity contribution in [3.63, 3.8) is 0 Å². The maximum absolute atomic E-state index is 13.6. The van der Waals surface area contributed by atoms with Crippen molar-refractivity contribution in [3.05, 3.63) is 104 Å². The average Bonchev–Trinajstić information content (AvgIpc) is 3.09. The number of nitrogens with zero attached hydrogens (tertiary/aromatic N) is 2. The third-order valence-corrected chi connectivity index (χ3v) is 6.23. The molecule has 0 atom stereocenters. The van der Waals surface area contributed by atoms with Crippen LogP contribution in [-0.2, 0) is 24.2 Å². The molecule has 0 unspecified atom stereocenters. The van der Waals surface area contributed by atoms with Crippen molar-refractivity contribution in [2.24, 2.45) is 0 Å². The van der Waals surface area contributed by atoms with Crippen molar-refractivity contribution in [1.82, 2.24) is 9.36 Å². The molecule has 2 heterocycles. The lowest BCUT2D eigenvalue weighted by atomic mass is 10.0. The number of hydrogen-bond donors (Lipinski definition) is 1. The Hall–Kier alpha value is -3.77. The van der Waals surface area contributed by atoms with E-state index in [1.165, 1.54) is 4.68 Å². The van der Waals surface area contributed by atoms with Crippen LogP contribution in [0.1, 0.15) is 29.2 Å². The van der Waals surface area contributed by atoms with E-state index in [0.717, 1.165) is 23.1 Å². The Morgan fingerprint density at radius 2 is 1.79 bits per heavy atom. The number of aryl methyl sites for hydroxylation is 2. The molecule has 1 aliphatic heterocycles. The van der Waals surface area contributed by atoms with E-state index in [-0.39, 0.29) is 18.0 Å². The van der Waals surface area contributed by atoms with Crippen LogP contribution in [0.15, 0.2) is 71.5 Å². The van der Waals surface area contributed by atoms with Gasteiger partial charge in [0.05, 0.1) is 11.3 Å². The van der Waals surface area contributed by atoms with E-state index in [1.54, 1.807) is 22.9 Å². The molecular weight excluding hydrogens is 450 g/mol. The van der Waals surface area contributed by atoms with Gasteiger partial charge in [0, 0.05) is 22.7 Å². The van der Waals surface area contributed by atoms with Crippen molar-refractivity contribution in [2.75, 3.05) is 5.32 Å². The molecule has 1 aliphatic rings. The summed E-state index contributed by atoms with van der Waals surface area (Å²) in [5, 5.41) is 3.49. The van der Waals surface area contributed by atoms with Gasteiger partial charge in [0.25, 0.3) is 5.56 Å². The molecule has 172 valence electrons. The predicted octanol–water partition coefficient (Wildman–Crippen LogP) is 5.50. The monoisotopic (exact) mass is 473 g/mol. The van der Waals surface area contributed by atoms with Gasteiger partial charge in [-0.1, -0.05) is 48.4 Å². The number of aromatic nitrogens is 2. The normalized spacial score (nSPS) is 12.0. The molecule has 0 aliphatic carbocycles. The molecule has 34 heavy (non-hydrogen) atoms. The van der Waals surface area contributed by atoms with E-state index in [4.69, 9.17) is 16.3 Å². The number of anilines is 1. The van der Waals surface area contributed by atoms with Crippen LogP contribution in [0.3, 0.4) is 0 Å². The third-order valence-electron chi connectivity index (χ3n) is 6.00. The molecule has 6 nitrogen and oxygen atoms in total. The van der Waals surface area contributed by atoms with Crippen LogP contribution in [0.25, 0.3) is 5.69 Å². The molecule has 1 N–H and O–H groups in total. The highest BCUT2D eigenvalue weighted by Gasteiger charge is 2.29. The van der Waals surface area contributed by atoms with Crippen molar-refractivity contribution in [3.8, 4) is 17.3 Å². The first-order valence-electron chi connectivity index (χ1n) is 11.2. The van der Waals surface area contributed by atoms with Gasteiger partial charge in [-0.15, -0.1) is 0 Å². The summed E-state index contributed by atoms with van der Waals surface area (Å²) in [7, 11) is 0. The molecule has 0 saturated heterocycles. The highest BCUT2D eigenvalue weighted by Crippen LogP contribution is 2.37. The van der Waals surface area contributed by atoms with Crippen molar-refractivity contribution in [2.45, 2.75) is 33.2 Å². The van der Waals surface area contributed by atoms with Gasteiger partial charge in [0.2, 0.25) is 11.8 Å². The largest absolute Gasteiger partial charge is 0.439 e. The van der Waals surface area contributed by atoms with Gasteiger partial charge < -0.3 is 10.1 Å². The van der Waals surface area contributed by atoms with Crippen LogP contribution in [0, 0.1) is 6.92 Å². The fraction of sp³-hybridized carbons (Fsp3) is 0.185. The third kappa shape index (κ3) is 4.13. The molecule has 4 aromatic rings. The van der Waals surface area contributed by atoms with E-state index in [2.05, 4.69) is 12.2 Å². The molecule has 0 spiro atoms. The number of carbonyl (C=O) groups is 1. The van der Waals surface area contributed by atoms with Crippen LogP contribution in [0.4, 0.5) is 5.69 Å². The second-order valence-electron chi connectivity index (χ2n) is 8.42. The van der Waals surface area contributed by atoms with Gasteiger partial charge in [-0.2, -0.15) is 0 Å². The summed E-state index contributed by atoms with van der Waals surface area (Å²) in [6.07, 6.45) is 1.27. The van der Waals surface area contributed by atoms with E-state index in [1.807, 2.05) is 55.5 Å². The van der Waals surface area contributed by atoms with Crippen molar-refractivity contribution >= 4 is 23.2 Å². The number of rotatable bonds is 5. The lowest BCUT2D eigenvalue weighted by Gasteiger charge is -2.20. The van der Waals surface area contributed by atoms with Gasteiger partial charge >= 0.3 is 0 Å². The minimum Gasteiger partial charge on any atom is -0.439 e. The minimum absolute atomic E-state index is 0.0864. The lowest BCUT2D eigenvalue weighted by molar-refractivity contribution is -0.117. The summed E-state index contributed by atoms with van der Waals surface area (Å²) in [4.78, 5) is 26.6. The molecule has 3 aromatic carbocycles. The molecule has 0 fully saturated rings. The highest BCUT2D eigenvalue weighted by molar-refractivity contribution is 6.30. The Bertz CT molecular complexity index is 1430. The van der Waals surface area contributed by atoms with Crippen LogP contribution < -0.4 is 15.6 Å². The number of halogens is 1. The number of nitrogens with one attached hydrogen (secondary N) is 1. The van der Waals surface area contributed by atoms with Crippen molar-refractivity contribution < 1.29 is 9.53 Å². The Labute approximate surface area is 202 Å². The number of benzene rings is 3. The van der Waals surface area contributed by atoms with Crippen LogP contribution in [-0.4, -0.2) is 15.3 Å². The molecule has 1 amide bonds. The highest BCUT2D eigenvalue weighted by atomic mass is 35.5. The Balaban J connectivity index is 1.57. The quantitative estimate of drug-likeness (QED) is 0.366. The van der Waals surface area contributed by atoms with E-state index < -0.39 is 0 Å².